The maximum absolute atomic E-state index is 12.2. The number of benzene rings is 1. The van der Waals surface area contributed by atoms with Gasteiger partial charge >= 0.3 is 5.97 Å². The molecule has 0 saturated carbocycles. The largest absolute Gasteiger partial charge is 0.449 e. The zero-order chi connectivity index (χ0) is 17.0. The molecule has 1 atom stereocenters. The predicted octanol–water partition coefficient (Wildman–Crippen LogP) is 2.81. The molecule has 0 radical (unpaired) electrons. The minimum absolute atomic E-state index is 0.00411. The number of amides is 1. The van der Waals surface area contributed by atoms with E-state index in [4.69, 9.17) is 16.3 Å². The lowest BCUT2D eigenvalue weighted by Gasteiger charge is -2.28. The molecule has 1 fully saturated rings. The van der Waals surface area contributed by atoms with Gasteiger partial charge in [-0.2, -0.15) is 0 Å². The molecule has 0 unspecified atom stereocenters. The number of carbonyl (C=O) groups is 2. The molecule has 0 bridgehead atoms. The molecule has 2 rings (SSSR count). The van der Waals surface area contributed by atoms with Gasteiger partial charge in [0, 0.05) is 25.2 Å². The van der Waals surface area contributed by atoms with Crippen LogP contribution >= 0.6 is 11.6 Å². The number of esters is 1. The molecular weight excluding hydrogens is 324 g/mol. The van der Waals surface area contributed by atoms with Gasteiger partial charge in [0.05, 0.1) is 15.5 Å². The summed E-state index contributed by atoms with van der Waals surface area (Å²) >= 11 is 5.88. The zero-order valence-corrected chi connectivity index (χ0v) is 13.4. The van der Waals surface area contributed by atoms with Crippen LogP contribution in [0.5, 0.6) is 0 Å². The van der Waals surface area contributed by atoms with Gasteiger partial charge in [0.15, 0.2) is 6.10 Å². The Balaban J connectivity index is 2.03. The highest BCUT2D eigenvalue weighted by atomic mass is 35.5. The van der Waals surface area contributed by atoms with Crippen LogP contribution in [0.2, 0.25) is 5.02 Å². The number of nitro benzene ring substituents is 1. The van der Waals surface area contributed by atoms with E-state index >= 15 is 0 Å². The minimum atomic E-state index is -0.924. The molecule has 1 amide bonds. The number of non-ortho nitro benzene ring substituents is 1. The van der Waals surface area contributed by atoms with Crippen molar-refractivity contribution in [3.63, 3.8) is 0 Å². The van der Waals surface area contributed by atoms with Crippen molar-refractivity contribution in [2.45, 2.75) is 32.3 Å². The highest BCUT2D eigenvalue weighted by molar-refractivity contribution is 6.33. The summed E-state index contributed by atoms with van der Waals surface area (Å²) < 4.78 is 5.15. The first kappa shape index (κ1) is 17.2. The number of nitrogens with zero attached hydrogens (tertiary/aromatic N) is 2. The van der Waals surface area contributed by atoms with Crippen molar-refractivity contribution in [2.75, 3.05) is 13.1 Å². The highest BCUT2D eigenvalue weighted by Crippen LogP contribution is 2.23. The molecule has 23 heavy (non-hydrogen) atoms. The van der Waals surface area contributed by atoms with E-state index in [1.54, 1.807) is 4.90 Å². The molecule has 1 aliphatic heterocycles. The van der Waals surface area contributed by atoms with Crippen LogP contribution in [-0.2, 0) is 9.53 Å². The van der Waals surface area contributed by atoms with Crippen molar-refractivity contribution >= 4 is 29.2 Å². The van der Waals surface area contributed by atoms with E-state index in [2.05, 4.69) is 0 Å². The Hall–Kier alpha value is -2.15. The van der Waals surface area contributed by atoms with Crippen LogP contribution in [0.25, 0.3) is 0 Å². The molecule has 7 nitrogen and oxygen atoms in total. The third-order valence-corrected chi connectivity index (χ3v) is 4.00. The molecule has 1 aromatic rings. The Morgan fingerprint density at radius 1 is 1.30 bits per heavy atom. The third kappa shape index (κ3) is 4.19. The minimum Gasteiger partial charge on any atom is -0.449 e. The van der Waals surface area contributed by atoms with Crippen LogP contribution < -0.4 is 0 Å². The standard InChI is InChI=1S/C15H17ClN2O5/c1-10(14(19)17-7-3-2-4-8-17)23-15(20)12-6-5-11(18(21)22)9-13(12)16/h5-6,9-10H,2-4,7-8H2,1H3/t10-/m1/s1. The van der Waals surface area contributed by atoms with Crippen molar-refractivity contribution in [3.8, 4) is 0 Å². The predicted molar refractivity (Wildman–Crippen MR) is 83.4 cm³/mol. The van der Waals surface area contributed by atoms with Crippen molar-refractivity contribution < 1.29 is 19.2 Å². The zero-order valence-electron chi connectivity index (χ0n) is 12.7. The Labute approximate surface area is 138 Å². The molecule has 0 aromatic heterocycles. The van der Waals surface area contributed by atoms with Gasteiger partial charge in [-0.25, -0.2) is 4.79 Å². The second-order valence-electron chi connectivity index (χ2n) is 5.35. The van der Waals surface area contributed by atoms with Crippen LogP contribution in [0.3, 0.4) is 0 Å². The van der Waals surface area contributed by atoms with Crippen molar-refractivity contribution in [3.05, 3.63) is 38.9 Å². The summed E-state index contributed by atoms with van der Waals surface area (Å²) in [6.45, 7) is 2.84. The van der Waals surface area contributed by atoms with Crippen LogP contribution in [-0.4, -0.2) is 40.9 Å². The Kier molecular flexibility index (Phi) is 5.54. The lowest BCUT2D eigenvalue weighted by atomic mass is 10.1. The number of likely N-dealkylation sites (tertiary alicyclic amines) is 1. The first-order valence-corrected chi connectivity index (χ1v) is 7.71. The van der Waals surface area contributed by atoms with E-state index in [0.29, 0.717) is 13.1 Å². The summed E-state index contributed by atoms with van der Waals surface area (Å²) in [6.07, 6.45) is 2.06. The molecule has 1 aromatic carbocycles. The highest BCUT2D eigenvalue weighted by Gasteiger charge is 2.26. The average molecular weight is 341 g/mol. The molecule has 0 spiro atoms. The number of rotatable bonds is 4. The summed E-state index contributed by atoms with van der Waals surface area (Å²) in [5.41, 5.74) is -0.223. The van der Waals surface area contributed by atoms with E-state index in [1.807, 2.05) is 0 Å². The third-order valence-electron chi connectivity index (χ3n) is 3.68. The molecule has 1 saturated heterocycles. The van der Waals surface area contributed by atoms with Crippen LogP contribution in [0, 0.1) is 10.1 Å². The molecule has 1 aliphatic rings. The number of halogens is 1. The van der Waals surface area contributed by atoms with Gasteiger partial charge in [-0.1, -0.05) is 11.6 Å². The van der Waals surface area contributed by atoms with Gasteiger partial charge in [0.25, 0.3) is 11.6 Å². The Morgan fingerprint density at radius 2 is 1.96 bits per heavy atom. The summed E-state index contributed by atoms with van der Waals surface area (Å²) in [7, 11) is 0. The summed E-state index contributed by atoms with van der Waals surface area (Å²) in [5.74, 6) is -1.01. The number of piperidine rings is 1. The van der Waals surface area contributed by atoms with E-state index in [0.717, 1.165) is 25.3 Å². The Morgan fingerprint density at radius 3 is 2.52 bits per heavy atom. The number of ether oxygens (including phenoxy) is 1. The monoisotopic (exact) mass is 340 g/mol. The summed E-state index contributed by atoms with van der Waals surface area (Å²) in [4.78, 5) is 36.0. The number of carbonyl (C=O) groups excluding carboxylic acids is 2. The Bertz CT molecular complexity index is 628. The lowest BCUT2D eigenvalue weighted by molar-refractivity contribution is -0.384. The van der Waals surface area contributed by atoms with Crippen LogP contribution in [0.1, 0.15) is 36.5 Å². The first-order valence-electron chi connectivity index (χ1n) is 7.34. The quantitative estimate of drug-likeness (QED) is 0.477. The second-order valence-corrected chi connectivity index (χ2v) is 5.76. The van der Waals surface area contributed by atoms with Crippen molar-refractivity contribution in [1.82, 2.24) is 4.90 Å². The topological polar surface area (TPSA) is 89.7 Å². The van der Waals surface area contributed by atoms with E-state index in [9.17, 15) is 19.7 Å². The van der Waals surface area contributed by atoms with Crippen LogP contribution in [0.15, 0.2) is 18.2 Å². The van der Waals surface area contributed by atoms with Gasteiger partial charge < -0.3 is 9.64 Å². The maximum atomic E-state index is 12.2. The van der Waals surface area contributed by atoms with Gasteiger partial charge in [-0.05, 0) is 32.3 Å². The van der Waals surface area contributed by atoms with Gasteiger partial charge in [0.1, 0.15) is 0 Å². The van der Waals surface area contributed by atoms with Gasteiger partial charge in [0.2, 0.25) is 0 Å². The van der Waals surface area contributed by atoms with E-state index in [-0.39, 0.29) is 22.2 Å². The van der Waals surface area contributed by atoms with Gasteiger partial charge in [-0.3, -0.25) is 14.9 Å². The van der Waals surface area contributed by atoms with Crippen molar-refractivity contribution in [1.29, 1.82) is 0 Å². The molecule has 124 valence electrons. The summed E-state index contributed by atoms with van der Waals surface area (Å²) in [6, 6.07) is 3.47. The summed E-state index contributed by atoms with van der Waals surface area (Å²) in [5, 5.41) is 10.6. The first-order chi connectivity index (χ1) is 10.9. The maximum Gasteiger partial charge on any atom is 0.340 e. The fourth-order valence-electron chi connectivity index (χ4n) is 2.43. The molecule has 1 heterocycles. The molecule has 8 heteroatoms. The number of hydrogen-bond donors (Lipinski definition) is 0. The normalized spacial score (nSPS) is 15.8. The number of nitro groups is 1. The van der Waals surface area contributed by atoms with E-state index < -0.39 is 17.0 Å². The SMILES string of the molecule is C[C@@H](OC(=O)c1ccc([N+](=O)[O-])cc1Cl)C(=O)N1CCCCC1. The number of hydrogen-bond acceptors (Lipinski definition) is 5. The lowest BCUT2D eigenvalue weighted by Crippen LogP contribution is -2.42. The smallest absolute Gasteiger partial charge is 0.340 e. The van der Waals surface area contributed by atoms with Crippen LogP contribution in [0.4, 0.5) is 5.69 Å². The van der Waals surface area contributed by atoms with E-state index in [1.165, 1.54) is 19.1 Å². The molecule has 0 N–H and O–H groups in total. The second kappa shape index (κ2) is 7.41. The fraction of sp³-hybridized carbons (Fsp3) is 0.467. The van der Waals surface area contributed by atoms with Gasteiger partial charge in [-0.15, -0.1) is 0 Å². The average Bonchev–Trinajstić information content (AvgIpc) is 2.54. The fourth-order valence-corrected chi connectivity index (χ4v) is 2.68. The molecule has 0 aliphatic carbocycles. The molecular formula is C15H17ClN2O5. The van der Waals surface area contributed by atoms with Crippen molar-refractivity contribution in [2.24, 2.45) is 0 Å².